The summed E-state index contributed by atoms with van der Waals surface area (Å²) in [6, 6.07) is 1.35. The normalized spacial score (nSPS) is 8.75. The molecule has 0 spiro atoms. The van der Waals surface area contributed by atoms with E-state index in [1.807, 2.05) is 13.8 Å². The van der Waals surface area contributed by atoms with Crippen LogP contribution in [0, 0.1) is 6.92 Å². The largest absolute Gasteiger partial charge is 0.268 e. The minimum atomic E-state index is -0.185. The van der Waals surface area contributed by atoms with Crippen molar-refractivity contribution in [2.75, 3.05) is 0 Å². The van der Waals surface area contributed by atoms with Crippen LogP contribution in [0.4, 0.5) is 0 Å². The molecule has 0 N–H and O–H groups in total. The van der Waals surface area contributed by atoms with Crippen molar-refractivity contribution >= 4 is 11.6 Å². The summed E-state index contributed by atoms with van der Waals surface area (Å²) in [5.41, 5.74) is 0.486. The number of halogens is 1. The molecule has 0 unspecified atom stereocenters. The zero-order chi connectivity index (χ0) is 9.72. The molecule has 1 rings (SSSR count). The third-order valence-electron chi connectivity index (χ3n) is 1.21. The summed E-state index contributed by atoms with van der Waals surface area (Å²) in [5, 5.41) is 4.26. The highest BCUT2D eigenvalue weighted by molar-refractivity contribution is 6.31. The van der Waals surface area contributed by atoms with E-state index in [1.54, 1.807) is 14.0 Å². The third-order valence-corrected chi connectivity index (χ3v) is 1.60. The van der Waals surface area contributed by atoms with Crippen LogP contribution in [-0.4, -0.2) is 9.78 Å². The molecule has 0 amide bonds. The van der Waals surface area contributed by atoms with Crippen molar-refractivity contribution in [3.8, 4) is 0 Å². The van der Waals surface area contributed by atoms with Crippen LogP contribution in [0.15, 0.2) is 10.9 Å². The highest BCUT2D eigenvalue weighted by Crippen LogP contribution is 2.06. The summed E-state index contributed by atoms with van der Waals surface area (Å²) in [5.74, 6) is 0. The highest BCUT2D eigenvalue weighted by atomic mass is 35.5. The molecule has 0 radical (unpaired) electrons. The second-order valence-corrected chi connectivity index (χ2v) is 2.45. The molecule has 0 bridgehead atoms. The minimum Gasteiger partial charge on any atom is -0.268 e. The molecule has 1 aromatic heterocycles. The predicted octanol–water partition coefficient (Wildman–Crippen LogP) is 1.77. The first-order valence-corrected chi connectivity index (χ1v) is 4.19. The Morgan fingerprint density at radius 2 is 2.00 bits per heavy atom. The molecule has 0 fully saturated rings. The Morgan fingerprint density at radius 3 is 2.42 bits per heavy atom. The van der Waals surface area contributed by atoms with Gasteiger partial charge in [0.15, 0.2) is 0 Å². The van der Waals surface area contributed by atoms with Gasteiger partial charge >= 0.3 is 0 Å². The van der Waals surface area contributed by atoms with Gasteiger partial charge in [-0.15, -0.1) is 0 Å². The van der Waals surface area contributed by atoms with Crippen molar-refractivity contribution < 1.29 is 0 Å². The zero-order valence-electron chi connectivity index (χ0n) is 7.76. The van der Waals surface area contributed by atoms with E-state index in [0.29, 0.717) is 10.7 Å². The Morgan fingerprint density at radius 1 is 1.50 bits per heavy atom. The first-order chi connectivity index (χ1) is 5.61. The minimum absolute atomic E-state index is 0.185. The molecule has 12 heavy (non-hydrogen) atoms. The van der Waals surface area contributed by atoms with Gasteiger partial charge in [0.2, 0.25) is 0 Å². The monoisotopic (exact) mass is 188 g/mol. The Labute approximate surface area is 77.0 Å². The Balaban J connectivity index is 0.000000561. The number of hydrogen-bond donors (Lipinski definition) is 0. The van der Waals surface area contributed by atoms with Gasteiger partial charge in [-0.05, 0) is 6.92 Å². The van der Waals surface area contributed by atoms with Crippen LogP contribution in [-0.2, 0) is 7.05 Å². The number of nitrogens with zero attached hydrogens (tertiary/aromatic N) is 2. The fourth-order valence-corrected chi connectivity index (χ4v) is 0.759. The van der Waals surface area contributed by atoms with Crippen molar-refractivity contribution in [3.63, 3.8) is 0 Å². The fourth-order valence-electron chi connectivity index (χ4n) is 0.628. The smallest absolute Gasteiger partial charge is 0.267 e. The van der Waals surface area contributed by atoms with Crippen molar-refractivity contribution in [2.45, 2.75) is 20.8 Å². The van der Waals surface area contributed by atoms with E-state index in [4.69, 9.17) is 11.6 Å². The SMILES string of the molecule is CC.Cc1nn(C)c(=O)cc1Cl. The molecule has 1 aromatic rings. The summed E-state index contributed by atoms with van der Waals surface area (Å²) in [7, 11) is 1.59. The molecule has 0 aliphatic heterocycles. The third kappa shape index (κ3) is 2.66. The highest BCUT2D eigenvalue weighted by Gasteiger charge is 1.97. The number of hydrogen-bond acceptors (Lipinski definition) is 2. The van der Waals surface area contributed by atoms with Crippen molar-refractivity contribution in [2.24, 2.45) is 7.05 Å². The lowest BCUT2D eigenvalue weighted by atomic mass is 10.4. The zero-order valence-corrected chi connectivity index (χ0v) is 8.51. The molecule has 0 atom stereocenters. The number of aromatic nitrogens is 2. The lowest BCUT2D eigenvalue weighted by Gasteiger charge is -1.97. The molecule has 0 aliphatic carbocycles. The molecule has 4 heteroatoms. The van der Waals surface area contributed by atoms with Gasteiger partial charge in [-0.25, -0.2) is 4.68 Å². The average Bonchev–Trinajstić information content (AvgIpc) is 2.05. The summed E-state index contributed by atoms with van der Waals surface area (Å²) >= 11 is 5.61. The number of aryl methyl sites for hydroxylation is 2. The Kier molecular flexibility index (Phi) is 4.59. The van der Waals surface area contributed by atoms with E-state index in [-0.39, 0.29) is 5.56 Å². The summed E-state index contributed by atoms with van der Waals surface area (Å²) in [6.07, 6.45) is 0. The fraction of sp³-hybridized carbons (Fsp3) is 0.500. The van der Waals surface area contributed by atoms with Crippen LogP contribution in [0.2, 0.25) is 5.02 Å². The van der Waals surface area contributed by atoms with E-state index in [2.05, 4.69) is 5.10 Å². The quantitative estimate of drug-likeness (QED) is 0.622. The van der Waals surface area contributed by atoms with E-state index in [0.717, 1.165) is 0 Å². The van der Waals surface area contributed by atoms with Crippen LogP contribution in [0.5, 0.6) is 0 Å². The molecular formula is C8H13ClN2O. The molecule has 0 aromatic carbocycles. The summed E-state index contributed by atoms with van der Waals surface area (Å²) < 4.78 is 1.25. The Bertz CT molecular complexity index is 306. The van der Waals surface area contributed by atoms with Gasteiger partial charge in [-0.2, -0.15) is 5.10 Å². The van der Waals surface area contributed by atoms with Gasteiger partial charge in [-0.1, -0.05) is 25.4 Å². The van der Waals surface area contributed by atoms with E-state index in [1.165, 1.54) is 10.7 Å². The van der Waals surface area contributed by atoms with Crippen molar-refractivity contribution in [1.29, 1.82) is 0 Å². The molecule has 3 nitrogen and oxygen atoms in total. The topological polar surface area (TPSA) is 34.9 Å². The molecule has 0 saturated carbocycles. The molecule has 0 aliphatic rings. The predicted molar refractivity (Wildman–Crippen MR) is 50.6 cm³/mol. The maximum Gasteiger partial charge on any atom is 0.267 e. The van der Waals surface area contributed by atoms with Gasteiger partial charge < -0.3 is 0 Å². The van der Waals surface area contributed by atoms with Gasteiger partial charge in [0.25, 0.3) is 5.56 Å². The van der Waals surface area contributed by atoms with Gasteiger partial charge in [0, 0.05) is 13.1 Å². The maximum atomic E-state index is 10.8. The average molecular weight is 189 g/mol. The maximum absolute atomic E-state index is 10.8. The van der Waals surface area contributed by atoms with Gasteiger partial charge in [0.05, 0.1) is 10.7 Å². The number of rotatable bonds is 0. The van der Waals surface area contributed by atoms with E-state index < -0.39 is 0 Å². The molecule has 1 heterocycles. The van der Waals surface area contributed by atoms with Crippen LogP contribution >= 0.6 is 11.6 Å². The van der Waals surface area contributed by atoms with E-state index in [9.17, 15) is 4.79 Å². The Hall–Kier alpha value is -0.830. The van der Waals surface area contributed by atoms with Crippen LogP contribution in [0.25, 0.3) is 0 Å². The van der Waals surface area contributed by atoms with Gasteiger partial charge in [0.1, 0.15) is 0 Å². The molecule has 0 saturated heterocycles. The van der Waals surface area contributed by atoms with Crippen LogP contribution < -0.4 is 5.56 Å². The second kappa shape index (κ2) is 4.93. The van der Waals surface area contributed by atoms with E-state index >= 15 is 0 Å². The molecular weight excluding hydrogens is 176 g/mol. The van der Waals surface area contributed by atoms with Crippen molar-refractivity contribution in [1.82, 2.24) is 9.78 Å². The standard InChI is InChI=1S/C6H7ClN2O.C2H6/c1-4-5(7)3-6(10)9(2)8-4;1-2/h3H,1-2H3;1-2H3. The first kappa shape index (κ1) is 11.2. The first-order valence-electron chi connectivity index (χ1n) is 3.81. The van der Waals surface area contributed by atoms with Gasteiger partial charge in [-0.3, -0.25) is 4.79 Å². The van der Waals surface area contributed by atoms with Crippen molar-refractivity contribution in [3.05, 3.63) is 27.1 Å². The van der Waals surface area contributed by atoms with Crippen LogP contribution in [0.3, 0.4) is 0 Å². The lowest BCUT2D eigenvalue weighted by molar-refractivity contribution is 0.693. The lowest BCUT2D eigenvalue weighted by Crippen LogP contribution is -2.18. The molecule has 68 valence electrons. The summed E-state index contributed by atoms with van der Waals surface area (Å²) in [6.45, 7) is 5.75. The summed E-state index contributed by atoms with van der Waals surface area (Å²) in [4.78, 5) is 10.8. The van der Waals surface area contributed by atoms with Crippen LogP contribution in [0.1, 0.15) is 19.5 Å². The second-order valence-electron chi connectivity index (χ2n) is 2.04.